The third-order valence-electron chi connectivity index (χ3n) is 27.3. The number of hydrogen-bond acceptors (Lipinski definition) is 6. The lowest BCUT2D eigenvalue weighted by Crippen LogP contribution is -2.64. The Balaban J connectivity index is 0.822. The second-order valence-electron chi connectivity index (χ2n) is 34.9. The average Bonchev–Trinajstić information content (AvgIpc) is 0.677. The van der Waals surface area contributed by atoms with Crippen LogP contribution in [0.3, 0.4) is 0 Å². The number of nitrogens with zero attached hydrogens (tertiary/aromatic N) is 5. The minimum atomic E-state index is -0.469. The van der Waals surface area contributed by atoms with E-state index in [1.807, 2.05) is 17.8 Å². The molecule has 135 heavy (non-hydrogen) atoms. The number of hydrogen-bond donors (Lipinski definition) is 0. The van der Waals surface area contributed by atoms with Crippen molar-refractivity contribution in [3.05, 3.63) is 515 Å². The summed E-state index contributed by atoms with van der Waals surface area (Å²) in [5.74, 6) is -0.363. The highest BCUT2D eigenvalue weighted by molar-refractivity contribution is 8.00. The average molecular weight is 1740 g/mol. The second-order valence-corrected chi connectivity index (χ2v) is 36.0. The molecule has 9 heteroatoms. The SMILES string of the molecule is Fc1cccc(-c2ccccc2)c1N1c2cc3c(cc2B2c4ccccc4N(c4c(-c5ccccc5)cccc4-c4ccccc4)c4cc(N(c5ccccc5)c5c(-c6ccccc6)cccc5-c5ccccc5)cc1c42)B1c2ccccc2N(c2c(-c4ccccc4)cccc2-c2ccccc2)c2cc(N(c4ccccc4)c4c(-c5ccccc5)cccc4-c4ccccc4)cc(c21)S3. The van der Waals surface area contributed by atoms with Gasteiger partial charge in [-0.15, -0.1) is 0 Å². The topological polar surface area (TPSA) is 16.2 Å². The van der Waals surface area contributed by atoms with Crippen molar-refractivity contribution in [3.63, 3.8) is 0 Å². The highest BCUT2D eigenvalue weighted by atomic mass is 32.2. The van der Waals surface area contributed by atoms with E-state index in [1.54, 1.807) is 6.07 Å². The fraction of sp³-hybridized carbons (Fsp3) is 0. The molecule has 0 N–H and O–H groups in total. The van der Waals surface area contributed by atoms with Crippen LogP contribution in [-0.2, 0) is 0 Å². The van der Waals surface area contributed by atoms with Crippen LogP contribution in [0.1, 0.15) is 0 Å². The molecular weight excluding hydrogens is 1660 g/mol. The van der Waals surface area contributed by atoms with Gasteiger partial charge < -0.3 is 24.5 Å². The number of para-hydroxylation sites is 9. The summed E-state index contributed by atoms with van der Waals surface area (Å²) in [7, 11) is 0. The number of benzene rings is 21. The van der Waals surface area contributed by atoms with E-state index in [2.05, 4.69) is 522 Å². The molecular formula is C126H84B2FN5S. The maximum absolute atomic E-state index is 19.9. The molecule has 4 aliphatic rings. The largest absolute Gasteiger partial charge is 0.310 e. The first-order valence-electron chi connectivity index (χ1n) is 46.3. The van der Waals surface area contributed by atoms with Crippen molar-refractivity contribution >= 4 is 143 Å². The van der Waals surface area contributed by atoms with Gasteiger partial charge in [-0.2, -0.15) is 0 Å². The molecule has 0 fully saturated rings. The molecule has 25 rings (SSSR count). The molecule has 21 aromatic carbocycles. The van der Waals surface area contributed by atoms with Gasteiger partial charge in [0, 0.05) is 111 Å². The Labute approximate surface area is 791 Å². The molecule has 0 aliphatic carbocycles. The predicted octanol–water partition coefficient (Wildman–Crippen LogP) is 30.6. The van der Waals surface area contributed by atoms with Crippen LogP contribution in [-0.4, -0.2) is 13.4 Å². The summed E-state index contributed by atoms with van der Waals surface area (Å²) in [6.07, 6.45) is 0. The van der Waals surface area contributed by atoms with Gasteiger partial charge in [0.25, 0.3) is 6.71 Å². The summed E-state index contributed by atoms with van der Waals surface area (Å²) in [5.41, 5.74) is 39.7. The van der Waals surface area contributed by atoms with Crippen molar-refractivity contribution in [1.29, 1.82) is 0 Å². The molecule has 0 aromatic heterocycles. The standard InChI is InChI=1S/C126H84B2FN5S/c129-111-76-42-73-106(93-59-28-9-29-60-93)126(111)134-114-84-118-110(128-108-75-35-37-78-113(108)133(125-104(91-55-24-7-25-56-91)71-41-72-105(125)92-57-26-8-27-58-92)117-81-97(82-119(135-118)121(117)128)131(95-63-32-11-33-64-95)123-100(87-47-16-3-17-48-87)67-39-68-101(123)88-49-18-4-19-50-88)83-109(114)127-107-74-34-36-77-112(107)132(124-102(89-51-20-5-21-52-89)69-40-70-103(124)90-53-22-6-23-54-90)115-79-96(80-116(134)120(115)127)130(94-61-30-10-31-62-94)122-98(85-43-12-1-13-44-85)65-38-66-99(122)86-45-14-2-15-46-86/h1-84H. The Morgan fingerprint density at radius 1 is 0.185 bits per heavy atom. The van der Waals surface area contributed by atoms with E-state index in [9.17, 15) is 0 Å². The van der Waals surface area contributed by atoms with Crippen molar-refractivity contribution in [3.8, 4) is 100 Å². The van der Waals surface area contributed by atoms with Gasteiger partial charge in [-0.25, -0.2) is 4.39 Å². The Morgan fingerprint density at radius 2 is 0.452 bits per heavy atom. The predicted molar refractivity (Wildman–Crippen MR) is 569 cm³/mol. The van der Waals surface area contributed by atoms with E-state index in [0.717, 1.165) is 217 Å². The van der Waals surface area contributed by atoms with Crippen LogP contribution in [0.5, 0.6) is 0 Å². The van der Waals surface area contributed by atoms with Gasteiger partial charge in [-0.05, 0) is 150 Å². The van der Waals surface area contributed by atoms with Gasteiger partial charge >= 0.3 is 0 Å². The van der Waals surface area contributed by atoms with E-state index in [-0.39, 0.29) is 12.5 Å². The first-order valence-corrected chi connectivity index (χ1v) is 47.1. The van der Waals surface area contributed by atoms with Crippen molar-refractivity contribution in [2.75, 3.05) is 24.5 Å². The maximum atomic E-state index is 19.9. The number of anilines is 15. The van der Waals surface area contributed by atoms with Crippen LogP contribution in [0.25, 0.3) is 100 Å². The van der Waals surface area contributed by atoms with Gasteiger partial charge in [0.05, 0.1) is 34.1 Å². The minimum absolute atomic E-state index is 0.363. The lowest BCUT2D eigenvalue weighted by atomic mass is 9.31. The summed E-state index contributed by atoms with van der Waals surface area (Å²) >= 11 is 1.82. The molecule has 0 amide bonds. The molecule has 0 spiro atoms. The second kappa shape index (κ2) is 34.1. The summed E-state index contributed by atoms with van der Waals surface area (Å²) in [4.78, 5) is 14.7. The smallest absolute Gasteiger partial charge is 0.252 e. The first kappa shape index (κ1) is 80.1. The fourth-order valence-corrected chi connectivity index (χ4v) is 22.8. The zero-order chi connectivity index (χ0) is 89.4. The van der Waals surface area contributed by atoms with Gasteiger partial charge in [-0.3, -0.25) is 0 Å². The zero-order valence-corrected chi connectivity index (χ0v) is 74.5. The van der Waals surface area contributed by atoms with Gasteiger partial charge in [0.2, 0.25) is 6.71 Å². The van der Waals surface area contributed by atoms with E-state index < -0.39 is 6.71 Å². The molecule has 0 saturated carbocycles. The lowest BCUT2D eigenvalue weighted by Gasteiger charge is -2.47. The molecule has 4 aliphatic heterocycles. The van der Waals surface area contributed by atoms with Gasteiger partial charge in [0.1, 0.15) is 5.82 Å². The highest BCUT2D eigenvalue weighted by Gasteiger charge is 2.50. The van der Waals surface area contributed by atoms with Crippen LogP contribution in [0, 0.1) is 5.82 Å². The molecule has 5 nitrogen and oxygen atoms in total. The summed E-state index contributed by atoms with van der Waals surface area (Å²) in [6.45, 7) is -0.832. The number of rotatable bonds is 18. The minimum Gasteiger partial charge on any atom is -0.310 e. The van der Waals surface area contributed by atoms with Crippen LogP contribution >= 0.6 is 11.8 Å². The van der Waals surface area contributed by atoms with E-state index in [0.29, 0.717) is 5.69 Å². The Kier molecular flexibility index (Phi) is 20.2. The molecule has 632 valence electrons. The molecule has 0 bridgehead atoms. The highest BCUT2D eigenvalue weighted by Crippen LogP contribution is 2.59. The zero-order valence-electron chi connectivity index (χ0n) is 73.7. The summed E-state index contributed by atoms with van der Waals surface area (Å²) in [6, 6.07) is 186. The Hall–Kier alpha value is -17.0. The molecule has 4 heterocycles. The summed E-state index contributed by atoms with van der Waals surface area (Å²) < 4.78 is 19.9. The van der Waals surface area contributed by atoms with E-state index in [1.165, 1.54) is 5.46 Å². The molecule has 0 atom stereocenters. The quantitative estimate of drug-likeness (QED) is 0.0790. The molecule has 0 saturated heterocycles. The van der Waals surface area contributed by atoms with E-state index >= 15 is 4.39 Å². The maximum Gasteiger partial charge on any atom is 0.252 e. The van der Waals surface area contributed by atoms with Gasteiger partial charge in [0.15, 0.2) is 0 Å². The van der Waals surface area contributed by atoms with Crippen molar-refractivity contribution in [1.82, 2.24) is 0 Å². The fourth-order valence-electron chi connectivity index (χ4n) is 21.6. The van der Waals surface area contributed by atoms with Crippen LogP contribution in [0.2, 0.25) is 0 Å². The monoisotopic (exact) mass is 1740 g/mol. The Morgan fingerprint density at radius 3 is 0.800 bits per heavy atom. The van der Waals surface area contributed by atoms with Crippen LogP contribution < -0.4 is 57.3 Å². The first-order chi connectivity index (χ1) is 67.0. The molecule has 0 unspecified atom stereocenters. The van der Waals surface area contributed by atoms with Crippen LogP contribution in [0.4, 0.5) is 89.7 Å². The number of halogens is 1. The third kappa shape index (κ3) is 13.8. The normalized spacial score (nSPS) is 12.4. The molecule has 0 radical (unpaired) electrons. The molecule has 21 aromatic rings. The third-order valence-corrected chi connectivity index (χ3v) is 28.4. The van der Waals surface area contributed by atoms with Crippen LogP contribution in [0.15, 0.2) is 519 Å². The van der Waals surface area contributed by atoms with Crippen molar-refractivity contribution in [2.24, 2.45) is 0 Å². The van der Waals surface area contributed by atoms with Crippen molar-refractivity contribution < 1.29 is 4.39 Å². The van der Waals surface area contributed by atoms with E-state index in [4.69, 9.17) is 0 Å². The van der Waals surface area contributed by atoms with Crippen molar-refractivity contribution in [2.45, 2.75) is 9.79 Å². The van der Waals surface area contributed by atoms with Gasteiger partial charge in [-0.1, -0.05) is 454 Å². The number of fused-ring (bicyclic) bond motifs is 8. The Bertz CT molecular complexity index is 7860. The lowest BCUT2D eigenvalue weighted by molar-refractivity contribution is 0.629. The summed E-state index contributed by atoms with van der Waals surface area (Å²) in [5, 5.41) is 0.